The van der Waals surface area contributed by atoms with E-state index in [1.165, 1.54) is 4.68 Å². The summed E-state index contributed by atoms with van der Waals surface area (Å²) in [7, 11) is 0. The van der Waals surface area contributed by atoms with Crippen molar-refractivity contribution in [2.45, 2.75) is 13.8 Å². The van der Waals surface area contributed by atoms with Crippen molar-refractivity contribution in [2.24, 2.45) is 5.10 Å². The first-order valence-corrected chi connectivity index (χ1v) is 6.84. The molecule has 0 aliphatic carbocycles. The van der Waals surface area contributed by atoms with Gasteiger partial charge in [0.15, 0.2) is 5.69 Å². The smallest absolute Gasteiger partial charge is 0.293 e. The van der Waals surface area contributed by atoms with E-state index in [1.54, 1.807) is 32.2 Å². The van der Waals surface area contributed by atoms with E-state index in [-0.39, 0.29) is 17.3 Å². The lowest BCUT2D eigenvalue weighted by Crippen LogP contribution is -2.21. The van der Waals surface area contributed by atoms with E-state index < -0.39 is 5.91 Å². The third-order valence-electron chi connectivity index (χ3n) is 3.17. The summed E-state index contributed by atoms with van der Waals surface area (Å²) in [5, 5.41) is 18.7. The average molecular weight is 327 g/mol. The summed E-state index contributed by atoms with van der Waals surface area (Å²) < 4.78 is 5.77. The number of anilines is 1. The molecule has 11 nitrogen and oxygen atoms in total. The predicted molar refractivity (Wildman–Crippen MR) is 82.3 cm³/mol. The summed E-state index contributed by atoms with van der Waals surface area (Å²) in [6.07, 6.45) is 1.64. The van der Waals surface area contributed by atoms with Crippen molar-refractivity contribution in [3.8, 4) is 5.82 Å². The van der Waals surface area contributed by atoms with Gasteiger partial charge < -0.3 is 5.73 Å². The summed E-state index contributed by atoms with van der Waals surface area (Å²) in [6, 6.07) is 5.41. The van der Waals surface area contributed by atoms with E-state index in [9.17, 15) is 4.79 Å². The van der Waals surface area contributed by atoms with Crippen molar-refractivity contribution in [2.75, 3.05) is 5.73 Å². The van der Waals surface area contributed by atoms with Gasteiger partial charge in [-0.1, -0.05) is 11.3 Å². The van der Waals surface area contributed by atoms with Crippen LogP contribution >= 0.6 is 0 Å². The van der Waals surface area contributed by atoms with Crippen LogP contribution < -0.4 is 11.2 Å². The minimum absolute atomic E-state index is 0.0407. The fourth-order valence-electron chi connectivity index (χ4n) is 1.90. The Balaban J connectivity index is 1.79. The van der Waals surface area contributed by atoms with Crippen LogP contribution in [0.15, 0.2) is 34.1 Å². The Morgan fingerprint density at radius 2 is 2.21 bits per heavy atom. The molecule has 3 aromatic heterocycles. The Morgan fingerprint density at radius 1 is 1.38 bits per heavy atom. The highest BCUT2D eigenvalue weighted by atomic mass is 16.6. The first-order valence-electron chi connectivity index (χ1n) is 6.84. The number of hydrogen-bond donors (Lipinski definition) is 2. The number of nitrogens with zero attached hydrogens (tertiary/aromatic N) is 7. The number of amides is 1. The predicted octanol–water partition coefficient (Wildman–Crippen LogP) is 0.0899. The SMILES string of the molecule is CC(=NNC(=O)c1nnn(-c2nonc2N)c1C)c1ccccn1. The maximum absolute atomic E-state index is 12.2. The van der Waals surface area contributed by atoms with Crippen LogP contribution in [0.1, 0.15) is 28.8 Å². The highest BCUT2D eigenvalue weighted by molar-refractivity contribution is 5.99. The van der Waals surface area contributed by atoms with Gasteiger partial charge in [-0.2, -0.15) is 9.78 Å². The van der Waals surface area contributed by atoms with E-state index in [0.717, 1.165) is 0 Å². The number of nitrogens with two attached hydrogens (primary N) is 1. The molecule has 0 bridgehead atoms. The van der Waals surface area contributed by atoms with Crippen molar-refractivity contribution in [1.82, 2.24) is 35.7 Å². The van der Waals surface area contributed by atoms with Gasteiger partial charge >= 0.3 is 0 Å². The molecule has 0 unspecified atom stereocenters. The Bertz CT molecular complexity index is 897. The second kappa shape index (κ2) is 6.24. The topological polar surface area (TPSA) is 150 Å². The van der Waals surface area contributed by atoms with Crippen molar-refractivity contribution >= 4 is 17.4 Å². The molecule has 3 aromatic rings. The van der Waals surface area contributed by atoms with Crippen LogP contribution in [0, 0.1) is 6.92 Å². The van der Waals surface area contributed by atoms with Crippen molar-refractivity contribution < 1.29 is 9.42 Å². The first-order chi connectivity index (χ1) is 11.6. The minimum Gasteiger partial charge on any atom is -0.378 e. The second-order valence-electron chi connectivity index (χ2n) is 4.76. The molecule has 24 heavy (non-hydrogen) atoms. The lowest BCUT2D eigenvalue weighted by Gasteiger charge is -2.01. The van der Waals surface area contributed by atoms with E-state index in [2.05, 4.69) is 40.8 Å². The molecule has 3 heterocycles. The molecule has 0 fully saturated rings. The second-order valence-corrected chi connectivity index (χ2v) is 4.76. The van der Waals surface area contributed by atoms with Crippen LogP contribution in [-0.4, -0.2) is 41.9 Å². The summed E-state index contributed by atoms with van der Waals surface area (Å²) >= 11 is 0. The zero-order valence-electron chi connectivity index (χ0n) is 12.8. The zero-order chi connectivity index (χ0) is 17.1. The molecule has 1 amide bonds. The van der Waals surface area contributed by atoms with Crippen molar-refractivity contribution in [1.29, 1.82) is 0 Å². The van der Waals surface area contributed by atoms with E-state index in [0.29, 0.717) is 17.1 Å². The number of hydrazone groups is 1. The zero-order valence-corrected chi connectivity index (χ0v) is 12.8. The normalized spacial score (nSPS) is 11.5. The van der Waals surface area contributed by atoms with Crippen LogP contribution in [-0.2, 0) is 0 Å². The summed E-state index contributed by atoms with van der Waals surface area (Å²) in [5.41, 5.74) is 9.72. The molecule has 0 aliphatic heterocycles. The molecule has 0 aromatic carbocycles. The van der Waals surface area contributed by atoms with E-state index >= 15 is 0 Å². The molecule has 3 rings (SSSR count). The highest BCUT2D eigenvalue weighted by Crippen LogP contribution is 2.14. The number of carbonyl (C=O) groups excluding carboxylic acids is 1. The molecule has 122 valence electrons. The lowest BCUT2D eigenvalue weighted by atomic mass is 10.3. The van der Waals surface area contributed by atoms with Crippen LogP contribution in [0.4, 0.5) is 5.82 Å². The summed E-state index contributed by atoms with van der Waals surface area (Å²) in [5.74, 6) is -0.324. The first kappa shape index (κ1) is 15.3. The van der Waals surface area contributed by atoms with Crippen LogP contribution in [0.3, 0.4) is 0 Å². The van der Waals surface area contributed by atoms with Gasteiger partial charge in [0.2, 0.25) is 11.6 Å². The Kier molecular flexibility index (Phi) is 3.97. The largest absolute Gasteiger partial charge is 0.378 e. The Morgan fingerprint density at radius 3 is 2.88 bits per heavy atom. The fourth-order valence-corrected chi connectivity index (χ4v) is 1.90. The van der Waals surface area contributed by atoms with Crippen LogP contribution in [0.25, 0.3) is 5.82 Å². The lowest BCUT2D eigenvalue weighted by molar-refractivity contribution is 0.0949. The number of pyridine rings is 1. The molecule has 0 saturated heterocycles. The van der Waals surface area contributed by atoms with E-state index in [4.69, 9.17) is 5.73 Å². The van der Waals surface area contributed by atoms with Crippen molar-refractivity contribution in [3.63, 3.8) is 0 Å². The molecule has 0 saturated carbocycles. The number of nitrogens with one attached hydrogen (secondary N) is 1. The Hall–Kier alpha value is -3.63. The third kappa shape index (κ3) is 2.82. The van der Waals surface area contributed by atoms with Gasteiger partial charge in [0, 0.05) is 6.20 Å². The fraction of sp³-hybridized carbons (Fsp3) is 0.154. The monoisotopic (exact) mass is 327 g/mol. The number of carbonyl (C=O) groups is 1. The van der Waals surface area contributed by atoms with Crippen LogP contribution in [0.5, 0.6) is 0 Å². The van der Waals surface area contributed by atoms with Gasteiger partial charge in [0.25, 0.3) is 5.91 Å². The quantitative estimate of drug-likeness (QED) is 0.505. The maximum atomic E-state index is 12.2. The molecule has 0 atom stereocenters. The summed E-state index contributed by atoms with van der Waals surface area (Å²) in [4.78, 5) is 16.4. The number of nitrogen functional groups attached to an aromatic ring is 1. The molecule has 3 N–H and O–H groups in total. The number of aromatic nitrogens is 6. The summed E-state index contributed by atoms with van der Waals surface area (Å²) in [6.45, 7) is 3.37. The van der Waals surface area contributed by atoms with Gasteiger partial charge in [0.1, 0.15) is 0 Å². The van der Waals surface area contributed by atoms with Gasteiger partial charge in [-0.25, -0.2) is 10.1 Å². The molecule has 0 spiro atoms. The molecule has 0 radical (unpaired) electrons. The van der Waals surface area contributed by atoms with Gasteiger partial charge in [0.05, 0.1) is 17.1 Å². The highest BCUT2D eigenvalue weighted by Gasteiger charge is 2.20. The molecule has 0 aliphatic rings. The minimum atomic E-state index is -0.524. The standard InChI is InChI=1S/C13H13N9O2/c1-7(9-5-3-4-6-15-9)16-18-13(23)10-8(2)22(21-17-10)12-11(14)19-24-20-12/h3-6H,1-2H3,(H2,14,19)(H,18,23). The Labute approximate surface area is 135 Å². The number of rotatable bonds is 4. The molecular formula is C13H13N9O2. The molecule has 11 heteroatoms. The maximum Gasteiger partial charge on any atom is 0.293 e. The van der Waals surface area contributed by atoms with Crippen LogP contribution in [0.2, 0.25) is 0 Å². The van der Waals surface area contributed by atoms with E-state index in [1.807, 2.05) is 6.07 Å². The third-order valence-corrected chi connectivity index (χ3v) is 3.17. The van der Waals surface area contributed by atoms with Gasteiger partial charge in [-0.05, 0) is 36.3 Å². The number of hydrogen-bond acceptors (Lipinski definition) is 9. The average Bonchev–Trinajstić information content (AvgIpc) is 3.18. The van der Waals surface area contributed by atoms with Gasteiger partial charge in [-0.15, -0.1) is 5.10 Å². The van der Waals surface area contributed by atoms with Crippen molar-refractivity contribution in [3.05, 3.63) is 41.5 Å². The van der Waals surface area contributed by atoms with Gasteiger partial charge in [-0.3, -0.25) is 9.78 Å². The molecular weight excluding hydrogens is 314 g/mol.